The minimum absolute atomic E-state index is 0.157. The molecule has 2 unspecified atom stereocenters. The quantitative estimate of drug-likeness (QED) is 0.720. The summed E-state index contributed by atoms with van der Waals surface area (Å²) in [7, 11) is 0. The Morgan fingerprint density at radius 3 is 2.86 bits per heavy atom. The number of amides is 1. The number of halogens is 2. The topological polar surface area (TPSA) is 41.1 Å². The summed E-state index contributed by atoms with van der Waals surface area (Å²) in [5, 5.41) is 5.34. The van der Waals surface area contributed by atoms with Crippen molar-refractivity contribution in [1.82, 2.24) is 10.6 Å². The van der Waals surface area contributed by atoms with Gasteiger partial charge < -0.3 is 5.32 Å². The van der Waals surface area contributed by atoms with Crippen molar-refractivity contribution in [1.29, 1.82) is 0 Å². The summed E-state index contributed by atoms with van der Waals surface area (Å²) >= 11 is 0. The number of rotatable bonds is 3. The zero-order valence-corrected chi connectivity index (χ0v) is 8.22. The number of hydrogen-bond acceptors (Lipinski definition) is 2. The van der Waals surface area contributed by atoms with Gasteiger partial charge in [-0.15, -0.1) is 0 Å². The average molecular weight is 206 g/mol. The van der Waals surface area contributed by atoms with Gasteiger partial charge in [0.1, 0.15) is 0 Å². The molecule has 0 aromatic heterocycles. The molecular formula is C9H16F2N2O. The Labute approximate surface area is 82.2 Å². The molecular weight excluding hydrogens is 190 g/mol. The van der Waals surface area contributed by atoms with Crippen molar-refractivity contribution in [3.05, 3.63) is 0 Å². The molecule has 1 amide bonds. The summed E-state index contributed by atoms with van der Waals surface area (Å²) in [4.78, 5) is 11.4. The molecule has 0 spiro atoms. The first-order chi connectivity index (χ1) is 6.61. The van der Waals surface area contributed by atoms with Gasteiger partial charge in [0.05, 0.1) is 12.1 Å². The maximum atomic E-state index is 12.2. The van der Waals surface area contributed by atoms with Gasteiger partial charge >= 0.3 is 0 Å². The van der Waals surface area contributed by atoms with Crippen LogP contribution >= 0.6 is 0 Å². The molecule has 1 heterocycles. The van der Waals surface area contributed by atoms with Crippen LogP contribution in [0.3, 0.4) is 0 Å². The van der Waals surface area contributed by atoms with E-state index in [4.69, 9.17) is 0 Å². The molecule has 0 radical (unpaired) electrons. The highest BCUT2D eigenvalue weighted by Crippen LogP contribution is 2.08. The molecule has 1 aliphatic rings. The van der Waals surface area contributed by atoms with Crippen LogP contribution < -0.4 is 10.6 Å². The van der Waals surface area contributed by atoms with Gasteiger partial charge in [0.2, 0.25) is 5.91 Å². The highest BCUT2D eigenvalue weighted by Gasteiger charge is 2.25. The molecule has 0 saturated carbocycles. The lowest BCUT2D eigenvalue weighted by Crippen LogP contribution is -2.48. The van der Waals surface area contributed by atoms with Crippen LogP contribution in [0.2, 0.25) is 0 Å². The lowest BCUT2D eigenvalue weighted by molar-refractivity contribution is -0.123. The van der Waals surface area contributed by atoms with E-state index in [0.29, 0.717) is 13.0 Å². The van der Waals surface area contributed by atoms with E-state index in [9.17, 15) is 13.6 Å². The molecule has 1 rings (SSSR count). The van der Waals surface area contributed by atoms with Crippen molar-refractivity contribution >= 4 is 5.91 Å². The molecule has 0 aromatic rings. The number of alkyl halides is 2. The Balaban J connectivity index is 2.44. The average Bonchev–Trinajstić information content (AvgIpc) is 2.32. The maximum Gasteiger partial charge on any atom is 0.253 e. The van der Waals surface area contributed by atoms with Gasteiger partial charge in [-0.2, -0.15) is 0 Å². The zero-order chi connectivity index (χ0) is 10.6. The van der Waals surface area contributed by atoms with Crippen LogP contribution in [0.4, 0.5) is 8.78 Å². The van der Waals surface area contributed by atoms with Gasteiger partial charge in [0, 0.05) is 6.54 Å². The lowest BCUT2D eigenvalue weighted by Gasteiger charge is -2.20. The van der Waals surface area contributed by atoms with Crippen LogP contribution in [0.15, 0.2) is 0 Å². The maximum absolute atomic E-state index is 12.2. The Bertz CT molecular complexity index is 199. The second-order valence-electron chi connectivity index (χ2n) is 3.63. The predicted molar refractivity (Wildman–Crippen MR) is 49.3 cm³/mol. The van der Waals surface area contributed by atoms with E-state index >= 15 is 0 Å². The van der Waals surface area contributed by atoms with Gasteiger partial charge in [-0.3, -0.25) is 10.1 Å². The number of carbonyl (C=O) groups excluding carboxylic acids is 1. The molecule has 0 aromatic carbocycles. The third kappa shape index (κ3) is 3.21. The van der Waals surface area contributed by atoms with E-state index in [-0.39, 0.29) is 5.91 Å². The van der Waals surface area contributed by atoms with E-state index in [0.717, 1.165) is 12.8 Å². The fourth-order valence-corrected chi connectivity index (χ4v) is 1.49. The molecule has 3 nitrogen and oxygen atoms in total. The Morgan fingerprint density at radius 2 is 2.21 bits per heavy atom. The van der Waals surface area contributed by atoms with E-state index in [1.165, 1.54) is 6.92 Å². The summed E-state index contributed by atoms with van der Waals surface area (Å²) in [5.41, 5.74) is 0. The summed E-state index contributed by atoms with van der Waals surface area (Å²) < 4.78 is 24.4. The molecule has 0 bridgehead atoms. The molecule has 1 aliphatic heterocycles. The van der Waals surface area contributed by atoms with E-state index in [1.807, 2.05) is 0 Å². The van der Waals surface area contributed by atoms with Crippen molar-refractivity contribution in [3.63, 3.8) is 0 Å². The summed E-state index contributed by atoms with van der Waals surface area (Å²) in [6.45, 7) is 2.04. The SMILES string of the molecule is CC(NC1CCCCNC1=O)C(F)F. The first kappa shape index (κ1) is 11.4. The first-order valence-corrected chi connectivity index (χ1v) is 4.93. The van der Waals surface area contributed by atoms with Gasteiger partial charge in [0.15, 0.2) is 0 Å². The van der Waals surface area contributed by atoms with Crippen molar-refractivity contribution in [2.75, 3.05) is 6.54 Å². The smallest absolute Gasteiger partial charge is 0.253 e. The predicted octanol–water partition coefficient (Wildman–Crippen LogP) is 0.898. The third-order valence-corrected chi connectivity index (χ3v) is 2.38. The monoisotopic (exact) mass is 206 g/mol. The van der Waals surface area contributed by atoms with Crippen LogP contribution in [0.5, 0.6) is 0 Å². The van der Waals surface area contributed by atoms with Gasteiger partial charge in [0.25, 0.3) is 6.43 Å². The van der Waals surface area contributed by atoms with Crippen molar-refractivity contribution in [2.45, 2.75) is 44.7 Å². The molecule has 2 N–H and O–H groups in total. The first-order valence-electron chi connectivity index (χ1n) is 4.93. The molecule has 1 fully saturated rings. The molecule has 2 atom stereocenters. The second-order valence-corrected chi connectivity index (χ2v) is 3.63. The Kier molecular flexibility index (Phi) is 4.25. The van der Waals surface area contributed by atoms with Crippen LogP contribution in [0.1, 0.15) is 26.2 Å². The van der Waals surface area contributed by atoms with E-state index < -0.39 is 18.5 Å². The minimum Gasteiger partial charge on any atom is -0.355 e. The van der Waals surface area contributed by atoms with Crippen LogP contribution in [-0.4, -0.2) is 31.0 Å². The van der Waals surface area contributed by atoms with E-state index in [2.05, 4.69) is 10.6 Å². The lowest BCUT2D eigenvalue weighted by atomic mass is 10.1. The van der Waals surface area contributed by atoms with E-state index in [1.54, 1.807) is 0 Å². The van der Waals surface area contributed by atoms with Crippen molar-refractivity contribution < 1.29 is 13.6 Å². The molecule has 0 aliphatic carbocycles. The normalized spacial score (nSPS) is 25.7. The van der Waals surface area contributed by atoms with Gasteiger partial charge in [-0.05, 0) is 26.2 Å². The second kappa shape index (κ2) is 5.24. The highest BCUT2D eigenvalue weighted by atomic mass is 19.3. The fraction of sp³-hybridized carbons (Fsp3) is 0.889. The molecule has 82 valence electrons. The molecule has 14 heavy (non-hydrogen) atoms. The van der Waals surface area contributed by atoms with Crippen molar-refractivity contribution in [2.24, 2.45) is 0 Å². The Morgan fingerprint density at radius 1 is 1.50 bits per heavy atom. The minimum atomic E-state index is -2.42. The summed E-state index contributed by atoms with van der Waals surface area (Å²) in [5.74, 6) is -0.157. The van der Waals surface area contributed by atoms with Crippen molar-refractivity contribution in [3.8, 4) is 0 Å². The summed E-state index contributed by atoms with van der Waals surface area (Å²) in [6, 6.07) is -1.38. The zero-order valence-electron chi connectivity index (χ0n) is 8.22. The van der Waals surface area contributed by atoms with Gasteiger partial charge in [-0.1, -0.05) is 0 Å². The van der Waals surface area contributed by atoms with Crippen LogP contribution in [0, 0.1) is 0 Å². The number of carbonyl (C=O) groups is 1. The number of nitrogens with one attached hydrogen (secondary N) is 2. The largest absolute Gasteiger partial charge is 0.355 e. The van der Waals surface area contributed by atoms with Crippen LogP contribution in [0.25, 0.3) is 0 Å². The summed E-state index contributed by atoms with van der Waals surface area (Å²) in [6.07, 6.45) is 0.0356. The third-order valence-electron chi connectivity index (χ3n) is 2.38. The number of hydrogen-bond donors (Lipinski definition) is 2. The molecule has 5 heteroatoms. The van der Waals surface area contributed by atoms with Gasteiger partial charge in [-0.25, -0.2) is 8.78 Å². The standard InChI is InChI=1S/C9H16F2N2O/c1-6(8(10)11)13-7-4-2-3-5-12-9(7)14/h6-8,13H,2-5H2,1H3,(H,12,14). The Hall–Kier alpha value is -0.710. The highest BCUT2D eigenvalue weighted by molar-refractivity contribution is 5.81. The van der Waals surface area contributed by atoms with Crippen LogP contribution in [-0.2, 0) is 4.79 Å². The molecule has 1 saturated heterocycles. The fourth-order valence-electron chi connectivity index (χ4n) is 1.49.